The van der Waals surface area contributed by atoms with Gasteiger partial charge in [0.05, 0.1) is 17.4 Å². The van der Waals surface area contributed by atoms with Crippen molar-refractivity contribution in [2.75, 3.05) is 6.61 Å². The van der Waals surface area contributed by atoms with Gasteiger partial charge in [0.15, 0.2) is 4.91 Å². The third-order valence-corrected chi connectivity index (χ3v) is 3.47. The van der Waals surface area contributed by atoms with Crippen LogP contribution < -0.4 is 0 Å². The number of allylic oxidation sites excluding steroid dienone is 1. The lowest BCUT2D eigenvalue weighted by Gasteiger charge is -2.00. The molecular formula is C7H8ClNO4S. The Morgan fingerprint density at radius 3 is 2.50 bits per heavy atom. The molecule has 1 aliphatic rings. The van der Waals surface area contributed by atoms with Gasteiger partial charge in [-0.1, -0.05) is 11.6 Å². The Morgan fingerprint density at radius 1 is 1.57 bits per heavy atom. The summed E-state index contributed by atoms with van der Waals surface area (Å²) >= 11 is 5.61. The van der Waals surface area contributed by atoms with Crippen LogP contribution in [0.3, 0.4) is 0 Å². The van der Waals surface area contributed by atoms with Crippen molar-refractivity contribution in [2.24, 2.45) is 4.40 Å². The molecule has 0 radical (unpaired) electrons. The van der Waals surface area contributed by atoms with Crippen LogP contribution in [0.4, 0.5) is 0 Å². The van der Waals surface area contributed by atoms with Crippen molar-refractivity contribution in [1.82, 2.24) is 0 Å². The zero-order valence-corrected chi connectivity index (χ0v) is 9.15. The number of carbonyl (C=O) groups excluding carboxylic acids is 1. The van der Waals surface area contributed by atoms with Gasteiger partial charge in [0, 0.05) is 0 Å². The Morgan fingerprint density at radius 2 is 2.14 bits per heavy atom. The number of esters is 1. The van der Waals surface area contributed by atoms with Crippen LogP contribution in [0.15, 0.2) is 14.3 Å². The number of halogens is 1. The number of rotatable bonds is 2. The third-order valence-electron chi connectivity index (χ3n) is 1.49. The zero-order valence-electron chi connectivity index (χ0n) is 7.57. The topological polar surface area (TPSA) is 72.8 Å². The number of sulfonamides is 1. The van der Waals surface area contributed by atoms with Crippen LogP contribution in [0.2, 0.25) is 0 Å². The summed E-state index contributed by atoms with van der Waals surface area (Å²) in [6.45, 7) is 3.06. The zero-order chi connectivity index (χ0) is 10.9. The summed E-state index contributed by atoms with van der Waals surface area (Å²) in [5.41, 5.74) is 0.106. The van der Waals surface area contributed by atoms with Crippen molar-refractivity contribution >= 4 is 33.3 Å². The first-order valence-electron chi connectivity index (χ1n) is 3.79. The summed E-state index contributed by atoms with van der Waals surface area (Å²) in [6.07, 6.45) is 0. The standard InChI is InChI=1S/C7H8ClNO4S/c1-3-13-7(10)6-5(8)4(2)9-14(6,11)12/h3H2,1-2H3. The second kappa shape index (κ2) is 3.70. The maximum absolute atomic E-state index is 11.3. The van der Waals surface area contributed by atoms with Gasteiger partial charge in [0.2, 0.25) is 0 Å². The fourth-order valence-electron chi connectivity index (χ4n) is 0.935. The molecule has 0 aliphatic carbocycles. The van der Waals surface area contributed by atoms with Crippen LogP contribution in [-0.4, -0.2) is 26.7 Å². The maximum atomic E-state index is 11.3. The van der Waals surface area contributed by atoms with E-state index in [1.807, 2.05) is 0 Å². The van der Waals surface area contributed by atoms with Crippen LogP contribution in [-0.2, 0) is 19.6 Å². The number of carbonyl (C=O) groups is 1. The number of nitrogens with zero attached hydrogens (tertiary/aromatic N) is 1. The first kappa shape index (κ1) is 11.2. The molecule has 78 valence electrons. The fourth-order valence-corrected chi connectivity index (χ4v) is 2.58. The van der Waals surface area contributed by atoms with E-state index in [4.69, 9.17) is 11.6 Å². The van der Waals surface area contributed by atoms with Crippen molar-refractivity contribution in [3.05, 3.63) is 9.94 Å². The molecule has 0 N–H and O–H groups in total. The molecule has 0 aromatic heterocycles. The van der Waals surface area contributed by atoms with Crippen LogP contribution in [0.5, 0.6) is 0 Å². The molecule has 0 atom stereocenters. The van der Waals surface area contributed by atoms with E-state index in [1.165, 1.54) is 6.92 Å². The molecule has 1 aliphatic heterocycles. The van der Waals surface area contributed by atoms with E-state index < -0.39 is 20.9 Å². The molecule has 0 saturated carbocycles. The van der Waals surface area contributed by atoms with Gasteiger partial charge in [-0.3, -0.25) is 0 Å². The van der Waals surface area contributed by atoms with Gasteiger partial charge in [-0.25, -0.2) is 4.79 Å². The summed E-state index contributed by atoms with van der Waals surface area (Å²) in [6, 6.07) is 0. The highest BCUT2D eigenvalue weighted by atomic mass is 35.5. The molecule has 1 rings (SSSR count). The molecule has 0 aromatic rings. The molecule has 1 heterocycles. The summed E-state index contributed by atoms with van der Waals surface area (Å²) in [7, 11) is -3.95. The predicted octanol–water partition coefficient (Wildman–Crippen LogP) is 0.804. The minimum absolute atomic E-state index is 0.0844. The van der Waals surface area contributed by atoms with E-state index in [2.05, 4.69) is 9.13 Å². The fraction of sp³-hybridized carbons (Fsp3) is 0.429. The molecule has 0 bridgehead atoms. The monoisotopic (exact) mass is 237 g/mol. The van der Waals surface area contributed by atoms with Gasteiger partial charge >= 0.3 is 5.97 Å². The minimum Gasteiger partial charge on any atom is -0.462 e. The van der Waals surface area contributed by atoms with Gasteiger partial charge in [0.1, 0.15) is 0 Å². The van der Waals surface area contributed by atoms with Crippen LogP contribution >= 0.6 is 11.6 Å². The van der Waals surface area contributed by atoms with Crippen molar-refractivity contribution in [3.63, 3.8) is 0 Å². The summed E-state index contributed by atoms with van der Waals surface area (Å²) < 4.78 is 30.4. The Bertz CT molecular complexity index is 435. The molecule has 0 spiro atoms. The molecule has 14 heavy (non-hydrogen) atoms. The minimum atomic E-state index is -3.95. The van der Waals surface area contributed by atoms with Crippen LogP contribution in [0.25, 0.3) is 0 Å². The average molecular weight is 238 g/mol. The Kier molecular flexibility index (Phi) is 2.96. The molecule has 0 amide bonds. The molecular weight excluding hydrogens is 230 g/mol. The van der Waals surface area contributed by atoms with E-state index in [-0.39, 0.29) is 17.4 Å². The van der Waals surface area contributed by atoms with E-state index in [0.717, 1.165) is 0 Å². The Labute approximate surface area is 86.5 Å². The highest BCUT2D eigenvalue weighted by Crippen LogP contribution is 2.27. The summed E-state index contributed by atoms with van der Waals surface area (Å²) in [5, 5.41) is -0.163. The SMILES string of the molecule is CCOC(=O)C1=C(Cl)C(C)=NS1(=O)=O. The lowest BCUT2D eigenvalue weighted by Crippen LogP contribution is -2.13. The molecule has 0 unspecified atom stereocenters. The maximum Gasteiger partial charge on any atom is 0.353 e. The molecule has 0 fully saturated rings. The number of hydrogen-bond acceptors (Lipinski definition) is 4. The number of ether oxygens (including phenoxy) is 1. The first-order valence-corrected chi connectivity index (χ1v) is 5.60. The lowest BCUT2D eigenvalue weighted by molar-refractivity contribution is -0.137. The van der Waals surface area contributed by atoms with Crippen molar-refractivity contribution in [3.8, 4) is 0 Å². The van der Waals surface area contributed by atoms with E-state index in [1.54, 1.807) is 6.92 Å². The number of hydrogen-bond donors (Lipinski definition) is 0. The first-order chi connectivity index (χ1) is 6.40. The molecule has 0 aromatic carbocycles. The predicted molar refractivity (Wildman–Crippen MR) is 51.5 cm³/mol. The van der Waals surface area contributed by atoms with Gasteiger partial charge in [-0.05, 0) is 13.8 Å². The third kappa shape index (κ3) is 1.80. The molecule has 5 nitrogen and oxygen atoms in total. The van der Waals surface area contributed by atoms with E-state index in [9.17, 15) is 13.2 Å². The Hall–Kier alpha value is -0.880. The largest absolute Gasteiger partial charge is 0.462 e. The van der Waals surface area contributed by atoms with Crippen LogP contribution in [0.1, 0.15) is 13.8 Å². The van der Waals surface area contributed by atoms with Crippen molar-refractivity contribution in [1.29, 1.82) is 0 Å². The second-order valence-corrected chi connectivity index (χ2v) is 4.43. The normalized spacial score (nSPS) is 19.5. The Balaban J connectivity index is 3.19. The second-order valence-electron chi connectivity index (χ2n) is 2.52. The van der Waals surface area contributed by atoms with Gasteiger partial charge in [-0.15, -0.1) is 0 Å². The van der Waals surface area contributed by atoms with Gasteiger partial charge < -0.3 is 4.74 Å². The average Bonchev–Trinajstić information content (AvgIpc) is 2.21. The highest BCUT2D eigenvalue weighted by Gasteiger charge is 2.35. The van der Waals surface area contributed by atoms with Crippen molar-refractivity contribution in [2.45, 2.75) is 13.8 Å². The summed E-state index contributed by atoms with van der Waals surface area (Å²) in [4.78, 5) is 10.6. The van der Waals surface area contributed by atoms with Gasteiger partial charge in [0.25, 0.3) is 10.0 Å². The molecule has 7 heteroatoms. The van der Waals surface area contributed by atoms with E-state index >= 15 is 0 Å². The van der Waals surface area contributed by atoms with Crippen molar-refractivity contribution < 1.29 is 17.9 Å². The summed E-state index contributed by atoms with van der Waals surface area (Å²) in [5.74, 6) is -0.960. The highest BCUT2D eigenvalue weighted by molar-refractivity contribution is 7.95. The quantitative estimate of drug-likeness (QED) is 0.666. The lowest BCUT2D eigenvalue weighted by atomic mass is 10.3. The molecule has 0 saturated heterocycles. The van der Waals surface area contributed by atoms with Crippen LogP contribution in [0, 0.1) is 0 Å². The smallest absolute Gasteiger partial charge is 0.353 e. The van der Waals surface area contributed by atoms with E-state index in [0.29, 0.717) is 0 Å². The van der Waals surface area contributed by atoms with Gasteiger partial charge in [-0.2, -0.15) is 12.8 Å².